The summed E-state index contributed by atoms with van der Waals surface area (Å²) < 4.78 is 11.3. The third kappa shape index (κ3) is 8.19. The van der Waals surface area contributed by atoms with Crippen molar-refractivity contribution in [3.8, 4) is 11.5 Å². The summed E-state index contributed by atoms with van der Waals surface area (Å²) in [6.45, 7) is 10.4. The number of nitrogens with one attached hydrogen (secondary N) is 3. The van der Waals surface area contributed by atoms with Crippen molar-refractivity contribution in [2.75, 3.05) is 6.61 Å². The molecule has 0 saturated carbocycles. The number of benzene rings is 2. The van der Waals surface area contributed by atoms with Gasteiger partial charge in [0.15, 0.2) is 11.2 Å². The maximum atomic E-state index is 12.4. The molecule has 1 unspecified atom stereocenters. The van der Waals surface area contributed by atoms with Gasteiger partial charge in [0.1, 0.15) is 11.5 Å². The van der Waals surface area contributed by atoms with Gasteiger partial charge in [-0.25, -0.2) is 0 Å². The fourth-order valence-corrected chi connectivity index (χ4v) is 2.75. The summed E-state index contributed by atoms with van der Waals surface area (Å²) in [6, 6.07) is 12.5. The first-order valence-electron chi connectivity index (χ1n) is 10.5. The van der Waals surface area contributed by atoms with Crippen LogP contribution in [0.5, 0.6) is 11.5 Å². The van der Waals surface area contributed by atoms with Crippen LogP contribution in [0.2, 0.25) is 0 Å². The monoisotopic (exact) mass is 457 g/mol. The molecule has 0 aliphatic carbocycles. The highest BCUT2D eigenvalue weighted by molar-refractivity contribution is 7.80. The summed E-state index contributed by atoms with van der Waals surface area (Å²) in [4.78, 5) is 24.7. The molecule has 0 saturated heterocycles. The van der Waals surface area contributed by atoms with Gasteiger partial charge in [0.05, 0.1) is 6.61 Å². The predicted molar refractivity (Wildman–Crippen MR) is 129 cm³/mol. The van der Waals surface area contributed by atoms with Crippen LogP contribution in [0, 0.1) is 19.8 Å². The van der Waals surface area contributed by atoms with Crippen LogP contribution in [0.1, 0.15) is 48.7 Å². The minimum Gasteiger partial charge on any atom is -0.494 e. The lowest BCUT2D eigenvalue weighted by Crippen LogP contribution is -2.51. The van der Waals surface area contributed by atoms with Crippen LogP contribution in [-0.2, 0) is 4.79 Å². The van der Waals surface area contributed by atoms with Crippen LogP contribution in [0.15, 0.2) is 42.5 Å². The first-order valence-corrected chi connectivity index (χ1v) is 10.9. The quantitative estimate of drug-likeness (QED) is 0.412. The molecule has 3 N–H and O–H groups in total. The van der Waals surface area contributed by atoms with E-state index in [2.05, 4.69) is 30.0 Å². The van der Waals surface area contributed by atoms with E-state index in [4.69, 9.17) is 21.7 Å². The molecule has 2 rings (SSSR count). The standard InChI is InChI=1S/C24H31N3O4S/c1-15(2)11-12-30-20-8-6-7-19(14-20)23(29)25-24(32)27-26-22(28)18(5)31-21-10-9-16(3)17(4)13-21/h6-10,13-15,18H,11-12H2,1-5H3,(H,26,28)(H2,25,27,29,32). The highest BCUT2D eigenvalue weighted by Crippen LogP contribution is 2.18. The number of aryl methyl sites for hydroxylation is 2. The minimum absolute atomic E-state index is 0.0344. The first kappa shape index (κ1) is 25.1. The van der Waals surface area contributed by atoms with Gasteiger partial charge in [0.2, 0.25) is 0 Å². The molecule has 0 aliphatic rings. The smallest absolute Gasteiger partial charge is 0.279 e. The second-order valence-electron chi connectivity index (χ2n) is 7.96. The topological polar surface area (TPSA) is 88.7 Å². The summed E-state index contributed by atoms with van der Waals surface area (Å²) in [7, 11) is 0. The number of ether oxygens (including phenoxy) is 2. The van der Waals surface area contributed by atoms with Gasteiger partial charge in [0, 0.05) is 5.56 Å². The van der Waals surface area contributed by atoms with Gasteiger partial charge in [-0.05, 0) is 86.8 Å². The van der Waals surface area contributed by atoms with Gasteiger partial charge in [-0.1, -0.05) is 26.0 Å². The average Bonchev–Trinajstić information content (AvgIpc) is 2.74. The highest BCUT2D eigenvalue weighted by Gasteiger charge is 2.16. The second-order valence-corrected chi connectivity index (χ2v) is 8.37. The Labute approximate surface area is 194 Å². The molecule has 0 spiro atoms. The number of carbonyl (C=O) groups is 2. The molecule has 8 heteroatoms. The fraction of sp³-hybridized carbons (Fsp3) is 0.375. The summed E-state index contributed by atoms with van der Waals surface area (Å²) in [5.41, 5.74) is 7.58. The van der Waals surface area contributed by atoms with Crippen molar-refractivity contribution in [1.82, 2.24) is 16.2 Å². The molecular formula is C24H31N3O4S. The van der Waals surface area contributed by atoms with Gasteiger partial charge in [-0.2, -0.15) is 0 Å². The van der Waals surface area contributed by atoms with E-state index in [1.807, 2.05) is 32.0 Å². The predicted octanol–water partition coefficient (Wildman–Crippen LogP) is 3.83. The average molecular weight is 458 g/mol. The van der Waals surface area contributed by atoms with Gasteiger partial charge >= 0.3 is 0 Å². The van der Waals surface area contributed by atoms with E-state index in [1.54, 1.807) is 31.2 Å². The molecule has 0 bridgehead atoms. The van der Waals surface area contributed by atoms with E-state index in [9.17, 15) is 9.59 Å². The normalized spacial score (nSPS) is 11.4. The molecule has 0 heterocycles. The van der Waals surface area contributed by atoms with E-state index in [0.717, 1.165) is 17.5 Å². The molecule has 0 fully saturated rings. The van der Waals surface area contributed by atoms with Crippen molar-refractivity contribution in [2.24, 2.45) is 5.92 Å². The molecule has 2 aromatic carbocycles. The van der Waals surface area contributed by atoms with E-state index in [-0.39, 0.29) is 5.11 Å². The maximum absolute atomic E-state index is 12.4. The van der Waals surface area contributed by atoms with Crippen LogP contribution in [0.25, 0.3) is 0 Å². The van der Waals surface area contributed by atoms with E-state index in [0.29, 0.717) is 29.6 Å². The maximum Gasteiger partial charge on any atom is 0.279 e. The van der Waals surface area contributed by atoms with Crippen LogP contribution in [0.4, 0.5) is 0 Å². The zero-order chi connectivity index (χ0) is 23.7. The molecule has 0 aliphatic heterocycles. The molecule has 32 heavy (non-hydrogen) atoms. The van der Waals surface area contributed by atoms with Crippen molar-refractivity contribution in [3.05, 3.63) is 59.2 Å². The number of amides is 2. The molecule has 7 nitrogen and oxygen atoms in total. The lowest BCUT2D eigenvalue weighted by atomic mass is 10.1. The molecule has 2 amide bonds. The Balaban J connectivity index is 1.80. The van der Waals surface area contributed by atoms with Crippen molar-refractivity contribution in [1.29, 1.82) is 0 Å². The third-order valence-electron chi connectivity index (χ3n) is 4.75. The van der Waals surface area contributed by atoms with Crippen LogP contribution in [0.3, 0.4) is 0 Å². The molecule has 1 atom stereocenters. The SMILES string of the molecule is Cc1ccc(OC(C)C(=O)NNC(=S)NC(=O)c2cccc(OCCC(C)C)c2)cc1C. The molecule has 2 aromatic rings. The van der Waals surface area contributed by atoms with Gasteiger partial charge in [0.25, 0.3) is 11.8 Å². The van der Waals surface area contributed by atoms with Crippen LogP contribution in [-0.4, -0.2) is 29.6 Å². The number of rotatable bonds is 8. The van der Waals surface area contributed by atoms with Gasteiger partial charge in [-0.15, -0.1) is 0 Å². The van der Waals surface area contributed by atoms with Crippen LogP contribution >= 0.6 is 12.2 Å². The lowest BCUT2D eigenvalue weighted by Gasteiger charge is -2.17. The van der Waals surface area contributed by atoms with Gasteiger partial charge < -0.3 is 9.47 Å². The van der Waals surface area contributed by atoms with E-state index >= 15 is 0 Å². The van der Waals surface area contributed by atoms with E-state index < -0.39 is 17.9 Å². The van der Waals surface area contributed by atoms with Gasteiger partial charge in [-0.3, -0.25) is 25.8 Å². The summed E-state index contributed by atoms with van der Waals surface area (Å²) in [5.74, 6) is 0.907. The molecule has 0 radical (unpaired) electrons. The largest absolute Gasteiger partial charge is 0.494 e. The molecule has 0 aromatic heterocycles. The van der Waals surface area contributed by atoms with Crippen molar-refractivity contribution < 1.29 is 19.1 Å². The number of hydrogen-bond acceptors (Lipinski definition) is 5. The Bertz CT molecular complexity index is 962. The second kappa shape index (κ2) is 12.0. The van der Waals surface area contributed by atoms with E-state index in [1.165, 1.54) is 0 Å². The summed E-state index contributed by atoms with van der Waals surface area (Å²) in [5, 5.41) is 2.49. The molecule has 172 valence electrons. The fourth-order valence-electron chi connectivity index (χ4n) is 2.61. The van der Waals surface area contributed by atoms with Crippen molar-refractivity contribution in [3.63, 3.8) is 0 Å². The third-order valence-corrected chi connectivity index (χ3v) is 4.95. The Hall–Kier alpha value is -3.13. The number of thiocarbonyl (C=S) groups is 1. The highest BCUT2D eigenvalue weighted by atomic mass is 32.1. The Morgan fingerprint density at radius 1 is 0.969 bits per heavy atom. The molecular weight excluding hydrogens is 426 g/mol. The lowest BCUT2D eigenvalue weighted by molar-refractivity contribution is -0.127. The Kier molecular flexibility index (Phi) is 9.46. The Morgan fingerprint density at radius 2 is 1.72 bits per heavy atom. The Morgan fingerprint density at radius 3 is 2.41 bits per heavy atom. The summed E-state index contributed by atoms with van der Waals surface area (Å²) in [6.07, 6.45) is 0.165. The number of hydrogen-bond donors (Lipinski definition) is 3. The van der Waals surface area contributed by atoms with Crippen molar-refractivity contribution >= 4 is 29.1 Å². The first-order chi connectivity index (χ1) is 15.2. The van der Waals surface area contributed by atoms with Crippen molar-refractivity contribution in [2.45, 2.75) is 47.1 Å². The van der Waals surface area contributed by atoms with Crippen LogP contribution < -0.4 is 25.6 Å². The number of hydrazine groups is 1. The zero-order valence-corrected chi connectivity index (χ0v) is 20.0. The number of carbonyl (C=O) groups excluding carboxylic acids is 2. The zero-order valence-electron chi connectivity index (χ0n) is 19.2. The summed E-state index contributed by atoms with van der Waals surface area (Å²) >= 11 is 5.10. The minimum atomic E-state index is -0.761.